The second-order valence-electron chi connectivity index (χ2n) is 6.31. The lowest BCUT2D eigenvalue weighted by Crippen LogP contribution is -2.11. The highest BCUT2D eigenvalue weighted by Crippen LogP contribution is 2.28. The quantitative estimate of drug-likeness (QED) is 0.477. The van der Waals surface area contributed by atoms with E-state index in [0.29, 0.717) is 28.5 Å². The molecule has 0 saturated heterocycles. The normalized spacial score (nSPS) is 10.5. The molecular weight excluding hydrogens is 388 g/mol. The fourth-order valence-corrected chi connectivity index (χ4v) is 3.16. The van der Waals surface area contributed by atoms with Crippen LogP contribution in [0.3, 0.4) is 0 Å². The third-order valence-corrected chi connectivity index (χ3v) is 4.58. The van der Waals surface area contributed by atoms with E-state index in [-0.39, 0.29) is 11.7 Å². The molecule has 0 unspecified atom stereocenters. The summed E-state index contributed by atoms with van der Waals surface area (Å²) < 4.78 is 5.11. The van der Waals surface area contributed by atoms with Crippen molar-refractivity contribution in [2.24, 2.45) is 0 Å². The Hall–Kier alpha value is -3.82. The first-order valence-electron chi connectivity index (χ1n) is 8.80. The van der Waals surface area contributed by atoms with Crippen LogP contribution < -0.4 is 10.6 Å². The maximum absolute atomic E-state index is 12.2. The van der Waals surface area contributed by atoms with Gasteiger partial charge in [-0.2, -0.15) is 5.26 Å². The lowest BCUT2D eigenvalue weighted by atomic mass is 10.1. The third kappa shape index (κ3) is 4.05. The molecule has 7 heteroatoms. The van der Waals surface area contributed by atoms with Gasteiger partial charge < -0.3 is 15.1 Å². The molecular formula is C22H15ClN4O2. The average Bonchev–Trinajstić information content (AvgIpc) is 3.27. The molecule has 4 rings (SSSR count). The Morgan fingerprint density at radius 3 is 2.86 bits per heavy atom. The summed E-state index contributed by atoms with van der Waals surface area (Å²) in [6, 6.07) is 18.2. The van der Waals surface area contributed by atoms with Gasteiger partial charge in [-0.05, 0) is 48.0 Å². The molecule has 0 aliphatic heterocycles. The molecule has 4 aromatic rings. The number of anilines is 2. The van der Waals surface area contributed by atoms with E-state index in [0.717, 1.165) is 16.5 Å². The Bertz CT molecular complexity index is 1230. The van der Waals surface area contributed by atoms with Crippen molar-refractivity contribution in [1.82, 2.24) is 4.98 Å². The van der Waals surface area contributed by atoms with Crippen LogP contribution in [0.15, 0.2) is 71.5 Å². The highest BCUT2D eigenvalue weighted by atomic mass is 35.5. The molecule has 0 aliphatic rings. The average molecular weight is 403 g/mol. The van der Waals surface area contributed by atoms with Crippen LogP contribution >= 0.6 is 11.6 Å². The van der Waals surface area contributed by atoms with E-state index in [2.05, 4.69) is 21.7 Å². The van der Waals surface area contributed by atoms with Crippen molar-refractivity contribution in [3.8, 4) is 6.07 Å². The summed E-state index contributed by atoms with van der Waals surface area (Å²) in [6.45, 7) is 0.449. The lowest BCUT2D eigenvalue weighted by molar-refractivity contribution is 0.0996. The van der Waals surface area contributed by atoms with E-state index in [4.69, 9.17) is 16.0 Å². The number of carbonyl (C=O) groups is 1. The minimum atomic E-state index is -0.318. The summed E-state index contributed by atoms with van der Waals surface area (Å²) in [7, 11) is 0. The molecule has 2 aromatic heterocycles. The van der Waals surface area contributed by atoms with Gasteiger partial charge in [-0.25, -0.2) is 0 Å². The van der Waals surface area contributed by atoms with Crippen LogP contribution in [-0.2, 0) is 6.54 Å². The van der Waals surface area contributed by atoms with E-state index in [1.165, 1.54) is 6.26 Å². The van der Waals surface area contributed by atoms with Crippen LogP contribution in [0.2, 0.25) is 5.02 Å². The van der Waals surface area contributed by atoms with Crippen LogP contribution in [0.1, 0.15) is 21.7 Å². The minimum Gasteiger partial charge on any atom is -0.459 e. The van der Waals surface area contributed by atoms with E-state index in [1.807, 2.05) is 24.3 Å². The Balaban J connectivity index is 1.56. The number of rotatable bonds is 5. The number of pyridine rings is 1. The lowest BCUT2D eigenvalue weighted by Gasteiger charge is -2.12. The van der Waals surface area contributed by atoms with Crippen molar-refractivity contribution < 1.29 is 9.21 Å². The van der Waals surface area contributed by atoms with Gasteiger partial charge in [0.05, 0.1) is 23.0 Å². The highest BCUT2D eigenvalue weighted by molar-refractivity contribution is 6.31. The Kier molecular flexibility index (Phi) is 5.14. The zero-order valence-corrected chi connectivity index (χ0v) is 15.9. The standard InChI is InChI=1S/C22H15ClN4O2/c23-16-6-7-19-18(10-16)21(15(11-24)13-25-19)26-12-14-3-1-4-17(9-14)27-22(28)20-5-2-8-29-20/h1-10,13H,12H2,(H,25,26)(H,27,28). The van der Waals surface area contributed by atoms with Gasteiger partial charge in [0.25, 0.3) is 5.91 Å². The number of aromatic nitrogens is 1. The summed E-state index contributed by atoms with van der Waals surface area (Å²) in [4.78, 5) is 16.5. The van der Waals surface area contributed by atoms with Crippen LogP contribution in [0.25, 0.3) is 10.9 Å². The number of nitrogens with one attached hydrogen (secondary N) is 2. The van der Waals surface area contributed by atoms with Gasteiger partial charge in [0.1, 0.15) is 6.07 Å². The zero-order valence-electron chi connectivity index (χ0n) is 15.1. The van der Waals surface area contributed by atoms with Gasteiger partial charge in [-0.1, -0.05) is 23.7 Å². The monoisotopic (exact) mass is 402 g/mol. The molecule has 0 spiro atoms. The summed E-state index contributed by atoms with van der Waals surface area (Å²) >= 11 is 6.13. The van der Waals surface area contributed by atoms with E-state index in [9.17, 15) is 10.1 Å². The van der Waals surface area contributed by atoms with Crippen molar-refractivity contribution in [3.05, 3.63) is 89.0 Å². The molecule has 0 radical (unpaired) electrons. The van der Waals surface area contributed by atoms with Gasteiger partial charge >= 0.3 is 0 Å². The maximum Gasteiger partial charge on any atom is 0.291 e. The number of benzene rings is 2. The third-order valence-electron chi connectivity index (χ3n) is 4.35. The van der Waals surface area contributed by atoms with E-state index >= 15 is 0 Å². The van der Waals surface area contributed by atoms with Crippen LogP contribution in [0.5, 0.6) is 0 Å². The van der Waals surface area contributed by atoms with Gasteiger partial charge in [0.15, 0.2) is 5.76 Å². The molecule has 2 aromatic carbocycles. The second kappa shape index (κ2) is 8.05. The summed E-state index contributed by atoms with van der Waals surface area (Å²) in [6.07, 6.45) is 2.99. The van der Waals surface area contributed by atoms with Gasteiger partial charge in [0.2, 0.25) is 0 Å². The first kappa shape index (κ1) is 18.5. The molecule has 0 fully saturated rings. The summed E-state index contributed by atoms with van der Waals surface area (Å²) in [5.41, 5.74) is 3.43. The first-order chi connectivity index (χ1) is 14.1. The number of hydrogen-bond donors (Lipinski definition) is 2. The van der Waals surface area contributed by atoms with Crippen molar-refractivity contribution >= 4 is 39.8 Å². The fourth-order valence-electron chi connectivity index (χ4n) is 2.99. The van der Waals surface area contributed by atoms with Crippen molar-refractivity contribution in [2.45, 2.75) is 6.54 Å². The van der Waals surface area contributed by atoms with E-state index in [1.54, 1.807) is 36.5 Å². The smallest absolute Gasteiger partial charge is 0.291 e. The highest BCUT2D eigenvalue weighted by Gasteiger charge is 2.11. The fraction of sp³-hybridized carbons (Fsp3) is 0.0455. The van der Waals surface area contributed by atoms with Gasteiger partial charge in [-0.15, -0.1) is 0 Å². The van der Waals surface area contributed by atoms with Crippen LogP contribution in [-0.4, -0.2) is 10.9 Å². The summed E-state index contributed by atoms with van der Waals surface area (Å²) in [5.74, 6) is -0.0750. The molecule has 2 heterocycles. The molecule has 2 N–H and O–H groups in total. The molecule has 142 valence electrons. The number of carbonyl (C=O) groups excluding carboxylic acids is 1. The number of halogens is 1. The number of nitrogens with zero attached hydrogens (tertiary/aromatic N) is 2. The Labute approximate surface area is 171 Å². The SMILES string of the molecule is N#Cc1cnc2ccc(Cl)cc2c1NCc1cccc(NC(=O)c2ccco2)c1. The van der Waals surface area contributed by atoms with Crippen LogP contribution in [0.4, 0.5) is 11.4 Å². The molecule has 0 aliphatic carbocycles. The van der Waals surface area contributed by atoms with Crippen LogP contribution in [0, 0.1) is 11.3 Å². The van der Waals surface area contributed by atoms with Crippen molar-refractivity contribution in [2.75, 3.05) is 10.6 Å². The van der Waals surface area contributed by atoms with Gasteiger partial charge in [0, 0.05) is 28.8 Å². The molecule has 1 amide bonds. The van der Waals surface area contributed by atoms with Crippen molar-refractivity contribution in [1.29, 1.82) is 5.26 Å². The molecule has 0 atom stereocenters. The minimum absolute atomic E-state index is 0.243. The predicted molar refractivity (Wildman–Crippen MR) is 112 cm³/mol. The number of hydrogen-bond acceptors (Lipinski definition) is 5. The number of amides is 1. The molecule has 29 heavy (non-hydrogen) atoms. The van der Waals surface area contributed by atoms with E-state index < -0.39 is 0 Å². The number of furan rings is 1. The molecule has 0 saturated carbocycles. The van der Waals surface area contributed by atoms with Crippen molar-refractivity contribution in [3.63, 3.8) is 0 Å². The zero-order chi connectivity index (χ0) is 20.2. The molecule has 6 nitrogen and oxygen atoms in total. The summed E-state index contributed by atoms with van der Waals surface area (Å²) in [5, 5.41) is 16.9. The second-order valence-corrected chi connectivity index (χ2v) is 6.74. The predicted octanol–water partition coefficient (Wildman–Crippen LogP) is 5.22. The number of fused-ring (bicyclic) bond motifs is 1. The molecule has 0 bridgehead atoms. The maximum atomic E-state index is 12.2. The largest absolute Gasteiger partial charge is 0.459 e. The topological polar surface area (TPSA) is 91.0 Å². The number of nitriles is 1. The van der Waals surface area contributed by atoms with Gasteiger partial charge in [-0.3, -0.25) is 9.78 Å². The Morgan fingerprint density at radius 1 is 1.17 bits per heavy atom. The Morgan fingerprint density at radius 2 is 2.07 bits per heavy atom. The first-order valence-corrected chi connectivity index (χ1v) is 9.18.